The molecule has 1 aromatic heterocycles. The van der Waals surface area contributed by atoms with Crippen LogP contribution in [-0.4, -0.2) is 27.1 Å². The number of nitrogens with one attached hydrogen (secondary N) is 2. The molecule has 7 heteroatoms. The summed E-state index contributed by atoms with van der Waals surface area (Å²) in [4.78, 5) is 26.2. The number of hydrogen-bond acceptors (Lipinski definition) is 3. The van der Waals surface area contributed by atoms with Gasteiger partial charge in [0.1, 0.15) is 17.0 Å². The number of carboxylic acid groups (broad SMARTS) is 1. The van der Waals surface area contributed by atoms with Crippen LogP contribution in [0.1, 0.15) is 20.8 Å². The minimum atomic E-state index is -1.28. The van der Waals surface area contributed by atoms with Gasteiger partial charge in [0.15, 0.2) is 0 Å². The highest BCUT2D eigenvalue weighted by molar-refractivity contribution is 6.35. The Hall–Kier alpha value is -2.99. The van der Waals surface area contributed by atoms with Crippen molar-refractivity contribution in [1.29, 1.82) is 0 Å². The van der Waals surface area contributed by atoms with E-state index in [0.717, 1.165) is 5.39 Å². The Kier molecular flexibility index (Phi) is 3.67. The Bertz CT molecular complexity index is 933. The van der Waals surface area contributed by atoms with Crippen LogP contribution in [0.15, 0.2) is 42.5 Å². The number of carbonyl (C=O) groups excluding carboxylic acids is 1. The summed E-state index contributed by atoms with van der Waals surface area (Å²) < 4.78 is 0. The predicted octanol–water partition coefficient (Wildman–Crippen LogP) is 3.48. The fraction of sp³-hybridized carbons (Fsp3) is 0. The number of carboxylic acids is 1. The molecule has 0 unspecified atom stereocenters. The molecule has 4 N–H and O–H groups in total. The SMILES string of the molecule is O=C(Nc1ccc(O)c(C(=O)O)c1)c1cc2cccc(Cl)c2[nH]1. The fourth-order valence-electron chi connectivity index (χ4n) is 2.23. The van der Waals surface area contributed by atoms with E-state index in [4.69, 9.17) is 16.7 Å². The first kappa shape index (κ1) is 14.9. The molecular formula is C16H11ClN2O4. The summed E-state index contributed by atoms with van der Waals surface area (Å²) in [5, 5.41) is 22.3. The molecule has 0 atom stereocenters. The smallest absolute Gasteiger partial charge is 0.339 e. The molecule has 0 saturated heterocycles. The molecular weight excluding hydrogens is 320 g/mol. The van der Waals surface area contributed by atoms with Crippen molar-refractivity contribution >= 4 is 40.1 Å². The van der Waals surface area contributed by atoms with Gasteiger partial charge in [-0.1, -0.05) is 23.7 Å². The molecule has 3 aromatic rings. The molecule has 116 valence electrons. The number of halogens is 1. The summed E-state index contributed by atoms with van der Waals surface area (Å²) in [6.07, 6.45) is 0. The molecule has 2 aromatic carbocycles. The van der Waals surface area contributed by atoms with E-state index in [0.29, 0.717) is 10.5 Å². The molecule has 1 heterocycles. The lowest BCUT2D eigenvalue weighted by Crippen LogP contribution is -2.12. The van der Waals surface area contributed by atoms with Crippen LogP contribution in [0.4, 0.5) is 5.69 Å². The average molecular weight is 331 g/mol. The lowest BCUT2D eigenvalue weighted by atomic mass is 10.1. The van der Waals surface area contributed by atoms with Gasteiger partial charge in [0.2, 0.25) is 0 Å². The van der Waals surface area contributed by atoms with Gasteiger partial charge in [0, 0.05) is 11.1 Å². The van der Waals surface area contributed by atoms with E-state index in [1.54, 1.807) is 18.2 Å². The topological polar surface area (TPSA) is 102 Å². The van der Waals surface area contributed by atoms with Crippen LogP contribution in [0.2, 0.25) is 5.02 Å². The number of anilines is 1. The Morgan fingerprint density at radius 2 is 1.91 bits per heavy atom. The largest absolute Gasteiger partial charge is 0.507 e. The number of aromatic hydroxyl groups is 1. The van der Waals surface area contributed by atoms with E-state index >= 15 is 0 Å². The van der Waals surface area contributed by atoms with Crippen molar-refractivity contribution in [1.82, 2.24) is 4.98 Å². The maximum absolute atomic E-state index is 12.3. The first-order valence-electron chi connectivity index (χ1n) is 6.60. The highest BCUT2D eigenvalue weighted by Crippen LogP contribution is 2.25. The molecule has 0 bridgehead atoms. The van der Waals surface area contributed by atoms with E-state index in [1.807, 2.05) is 6.07 Å². The fourth-order valence-corrected chi connectivity index (χ4v) is 2.45. The van der Waals surface area contributed by atoms with Crippen molar-refractivity contribution in [3.63, 3.8) is 0 Å². The minimum absolute atomic E-state index is 0.259. The van der Waals surface area contributed by atoms with E-state index in [9.17, 15) is 14.7 Å². The summed E-state index contributed by atoms with van der Waals surface area (Å²) in [6, 6.07) is 10.8. The molecule has 1 amide bonds. The number of amides is 1. The van der Waals surface area contributed by atoms with Gasteiger partial charge < -0.3 is 20.5 Å². The number of aromatic amines is 1. The number of hydrogen-bond donors (Lipinski definition) is 4. The first-order valence-corrected chi connectivity index (χ1v) is 6.98. The Labute approximate surface area is 135 Å². The third-order valence-electron chi connectivity index (χ3n) is 3.33. The second-order valence-electron chi connectivity index (χ2n) is 4.88. The summed E-state index contributed by atoms with van der Waals surface area (Å²) in [5.74, 6) is -2.09. The highest BCUT2D eigenvalue weighted by Gasteiger charge is 2.14. The van der Waals surface area contributed by atoms with Gasteiger partial charge in [0.05, 0.1) is 10.5 Å². The zero-order valence-corrected chi connectivity index (χ0v) is 12.4. The van der Waals surface area contributed by atoms with Crippen LogP contribution in [0.3, 0.4) is 0 Å². The van der Waals surface area contributed by atoms with Crippen molar-refractivity contribution in [2.45, 2.75) is 0 Å². The maximum Gasteiger partial charge on any atom is 0.339 e. The standard InChI is InChI=1S/C16H11ClN2O4/c17-11-3-1-2-8-6-12(19-14(8)11)15(21)18-9-4-5-13(20)10(7-9)16(22)23/h1-7,19-20H,(H,18,21)(H,22,23). The summed E-state index contributed by atoms with van der Waals surface area (Å²) >= 11 is 6.05. The number of aromatic nitrogens is 1. The quantitative estimate of drug-likeness (QED) is 0.552. The molecule has 0 aliphatic carbocycles. The Morgan fingerprint density at radius 3 is 2.61 bits per heavy atom. The molecule has 3 rings (SSSR count). The van der Waals surface area contributed by atoms with Crippen molar-refractivity contribution in [3.8, 4) is 5.75 Å². The van der Waals surface area contributed by atoms with Crippen LogP contribution in [0.5, 0.6) is 5.75 Å². The Morgan fingerprint density at radius 1 is 1.13 bits per heavy atom. The van der Waals surface area contributed by atoms with Crippen LogP contribution >= 0.6 is 11.6 Å². The van der Waals surface area contributed by atoms with Crippen molar-refractivity contribution < 1.29 is 19.8 Å². The van der Waals surface area contributed by atoms with E-state index in [1.165, 1.54) is 18.2 Å². The molecule has 0 aliphatic rings. The zero-order chi connectivity index (χ0) is 16.6. The van der Waals surface area contributed by atoms with E-state index in [2.05, 4.69) is 10.3 Å². The molecule has 0 fully saturated rings. The second kappa shape index (κ2) is 5.66. The van der Waals surface area contributed by atoms with Crippen LogP contribution in [-0.2, 0) is 0 Å². The van der Waals surface area contributed by atoms with Crippen molar-refractivity contribution in [3.05, 3.63) is 58.7 Å². The monoisotopic (exact) mass is 330 g/mol. The lowest BCUT2D eigenvalue weighted by molar-refractivity contribution is 0.0693. The maximum atomic E-state index is 12.3. The van der Waals surface area contributed by atoms with Gasteiger partial charge in [-0.25, -0.2) is 4.79 Å². The number of phenols is 1. The number of para-hydroxylation sites is 1. The van der Waals surface area contributed by atoms with Gasteiger partial charge in [-0.05, 0) is 30.3 Å². The third-order valence-corrected chi connectivity index (χ3v) is 3.65. The number of carbonyl (C=O) groups is 2. The van der Waals surface area contributed by atoms with Crippen molar-refractivity contribution in [2.24, 2.45) is 0 Å². The number of fused-ring (bicyclic) bond motifs is 1. The van der Waals surface area contributed by atoms with Gasteiger partial charge in [-0.15, -0.1) is 0 Å². The van der Waals surface area contributed by atoms with Gasteiger partial charge in [-0.2, -0.15) is 0 Å². The lowest BCUT2D eigenvalue weighted by Gasteiger charge is -2.06. The average Bonchev–Trinajstić information content (AvgIpc) is 2.94. The van der Waals surface area contributed by atoms with Crippen LogP contribution in [0.25, 0.3) is 10.9 Å². The van der Waals surface area contributed by atoms with Crippen LogP contribution in [0, 0.1) is 0 Å². The summed E-state index contributed by atoms with van der Waals surface area (Å²) in [5.41, 5.74) is 0.909. The second-order valence-corrected chi connectivity index (χ2v) is 5.29. The zero-order valence-electron chi connectivity index (χ0n) is 11.6. The molecule has 0 radical (unpaired) electrons. The number of H-pyrrole nitrogens is 1. The Balaban J connectivity index is 1.90. The van der Waals surface area contributed by atoms with Gasteiger partial charge >= 0.3 is 5.97 Å². The van der Waals surface area contributed by atoms with Gasteiger partial charge in [-0.3, -0.25) is 4.79 Å². The van der Waals surface area contributed by atoms with E-state index in [-0.39, 0.29) is 22.7 Å². The van der Waals surface area contributed by atoms with Crippen LogP contribution < -0.4 is 5.32 Å². The molecule has 6 nitrogen and oxygen atoms in total. The summed E-state index contributed by atoms with van der Waals surface area (Å²) in [6.45, 7) is 0. The highest BCUT2D eigenvalue weighted by atomic mass is 35.5. The molecule has 0 saturated carbocycles. The predicted molar refractivity (Wildman–Crippen MR) is 86.3 cm³/mol. The normalized spacial score (nSPS) is 10.7. The number of rotatable bonds is 3. The molecule has 23 heavy (non-hydrogen) atoms. The number of aromatic carboxylic acids is 1. The van der Waals surface area contributed by atoms with Gasteiger partial charge in [0.25, 0.3) is 5.91 Å². The summed E-state index contributed by atoms with van der Waals surface area (Å²) in [7, 11) is 0. The molecule has 0 aliphatic heterocycles. The van der Waals surface area contributed by atoms with E-state index < -0.39 is 11.9 Å². The third kappa shape index (κ3) is 2.84. The van der Waals surface area contributed by atoms with Crippen molar-refractivity contribution in [2.75, 3.05) is 5.32 Å². The minimum Gasteiger partial charge on any atom is -0.507 e. The number of benzene rings is 2. The molecule has 0 spiro atoms. The first-order chi connectivity index (χ1) is 11.0.